The standard InChI is InChI=1S/C14H21NO3/c1-3-11-6-7-12(18-11)13(16)15(2)10-14(17)8-4-5-9-14/h6-7,17H,3-5,8-10H2,1-2H3. The summed E-state index contributed by atoms with van der Waals surface area (Å²) in [5.74, 6) is 1.01. The predicted molar refractivity (Wildman–Crippen MR) is 68.5 cm³/mol. The third-order valence-corrected chi connectivity index (χ3v) is 3.63. The zero-order chi connectivity index (χ0) is 13.2. The second-order valence-corrected chi connectivity index (χ2v) is 5.21. The first-order valence-corrected chi connectivity index (χ1v) is 6.61. The first kappa shape index (κ1) is 13.1. The SMILES string of the molecule is CCc1ccc(C(=O)N(C)CC2(O)CCCC2)o1. The molecule has 1 aliphatic carbocycles. The normalized spacial score (nSPS) is 17.9. The molecule has 0 aromatic carbocycles. The van der Waals surface area contributed by atoms with Gasteiger partial charge in [-0.2, -0.15) is 0 Å². The third kappa shape index (κ3) is 2.75. The van der Waals surface area contributed by atoms with Crippen LogP contribution in [-0.2, 0) is 6.42 Å². The van der Waals surface area contributed by atoms with Crippen LogP contribution < -0.4 is 0 Å². The summed E-state index contributed by atoms with van der Waals surface area (Å²) in [7, 11) is 1.72. The molecule has 1 saturated carbocycles. The quantitative estimate of drug-likeness (QED) is 0.892. The zero-order valence-corrected chi connectivity index (χ0v) is 11.1. The van der Waals surface area contributed by atoms with Crippen LogP contribution in [0.15, 0.2) is 16.5 Å². The Morgan fingerprint density at radius 2 is 2.11 bits per heavy atom. The van der Waals surface area contributed by atoms with Crippen molar-refractivity contribution in [3.63, 3.8) is 0 Å². The Morgan fingerprint density at radius 3 is 2.67 bits per heavy atom. The van der Waals surface area contributed by atoms with Gasteiger partial charge in [0, 0.05) is 20.0 Å². The number of rotatable bonds is 4. The predicted octanol–water partition coefficient (Wildman–Crippen LogP) is 2.22. The molecule has 1 aromatic rings. The van der Waals surface area contributed by atoms with E-state index in [0.29, 0.717) is 12.3 Å². The number of amides is 1. The topological polar surface area (TPSA) is 53.7 Å². The largest absolute Gasteiger partial charge is 0.456 e. The molecule has 0 atom stereocenters. The summed E-state index contributed by atoms with van der Waals surface area (Å²) in [6, 6.07) is 3.53. The van der Waals surface area contributed by atoms with Gasteiger partial charge in [0.15, 0.2) is 5.76 Å². The van der Waals surface area contributed by atoms with Crippen molar-refractivity contribution in [3.05, 3.63) is 23.7 Å². The van der Waals surface area contributed by atoms with Gasteiger partial charge in [0.05, 0.1) is 5.60 Å². The van der Waals surface area contributed by atoms with Crippen LogP contribution in [0.25, 0.3) is 0 Å². The van der Waals surface area contributed by atoms with Gasteiger partial charge in [0.1, 0.15) is 5.76 Å². The maximum absolute atomic E-state index is 12.1. The average Bonchev–Trinajstić information content (AvgIpc) is 2.96. The summed E-state index contributed by atoms with van der Waals surface area (Å²) >= 11 is 0. The maximum Gasteiger partial charge on any atom is 0.289 e. The first-order chi connectivity index (χ1) is 8.54. The fourth-order valence-electron chi connectivity index (χ4n) is 2.58. The Bertz CT molecular complexity index is 418. The molecular formula is C14H21NO3. The number of nitrogens with zero attached hydrogens (tertiary/aromatic N) is 1. The molecule has 0 aliphatic heterocycles. The van der Waals surface area contributed by atoms with Crippen LogP contribution in [0.4, 0.5) is 0 Å². The number of hydrogen-bond acceptors (Lipinski definition) is 3. The van der Waals surface area contributed by atoms with Gasteiger partial charge in [0.25, 0.3) is 5.91 Å². The van der Waals surface area contributed by atoms with Crippen LogP contribution in [0.1, 0.15) is 48.9 Å². The Balaban J connectivity index is 2.00. The first-order valence-electron chi connectivity index (χ1n) is 6.61. The molecule has 0 bridgehead atoms. The Labute approximate surface area is 108 Å². The summed E-state index contributed by atoms with van der Waals surface area (Å²) in [5.41, 5.74) is -0.704. The number of hydrogen-bond donors (Lipinski definition) is 1. The molecule has 2 rings (SSSR count). The van der Waals surface area contributed by atoms with Crippen LogP contribution in [0.2, 0.25) is 0 Å². The van der Waals surface area contributed by atoms with E-state index in [-0.39, 0.29) is 5.91 Å². The second kappa shape index (κ2) is 5.14. The highest BCUT2D eigenvalue weighted by Crippen LogP contribution is 2.30. The Kier molecular flexibility index (Phi) is 3.76. The van der Waals surface area contributed by atoms with Crippen molar-refractivity contribution < 1.29 is 14.3 Å². The lowest BCUT2D eigenvalue weighted by Crippen LogP contribution is -2.41. The van der Waals surface area contributed by atoms with E-state index >= 15 is 0 Å². The molecule has 4 nitrogen and oxygen atoms in total. The van der Waals surface area contributed by atoms with Gasteiger partial charge in [-0.15, -0.1) is 0 Å². The molecule has 1 fully saturated rings. The second-order valence-electron chi connectivity index (χ2n) is 5.21. The molecule has 100 valence electrons. The van der Waals surface area contributed by atoms with Crippen molar-refractivity contribution in [2.45, 2.75) is 44.6 Å². The van der Waals surface area contributed by atoms with E-state index in [1.807, 2.05) is 13.0 Å². The van der Waals surface area contributed by atoms with E-state index in [1.165, 1.54) is 0 Å². The summed E-state index contributed by atoms with van der Waals surface area (Å²) in [6.07, 6.45) is 4.42. The van der Waals surface area contributed by atoms with Gasteiger partial charge in [-0.05, 0) is 25.0 Å². The molecule has 0 spiro atoms. The summed E-state index contributed by atoms with van der Waals surface area (Å²) in [4.78, 5) is 13.7. The van der Waals surface area contributed by atoms with Crippen LogP contribution in [0.5, 0.6) is 0 Å². The lowest BCUT2D eigenvalue weighted by atomic mass is 10.0. The molecular weight excluding hydrogens is 230 g/mol. The minimum atomic E-state index is -0.704. The van der Waals surface area contributed by atoms with E-state index in [1.54, 1.807) is 18.0 Å². The van der Waals surface area contributed by atoms with Crippen molar-refractivity contribution in [2.75, 3.05) is 13.6 Å². The Morgan fingerprint density at radius 1 is 1.44 bits per heavy atom. The van der Waals surface area contributed by atoms with Crippen LogP contribution >= 0.6 is 0 Å². The fourth-order valence-corrected chi connectivity index (χ4v) is 2.58. The summed E-state index contributed by atoms with van der Waals surface area (Å²) in [5, 5.41) is 10.3. The monoisotopic (exact) mass is 251 g/mol. The van der Waals surface area contributed by atoms with Gasteiger partial charge in [-0.1, -0.05) is 19.8 Å². The molecule has 1 aromatic heterocycles. The molecule has 1 N–H and O–H groups in total. The van der Waals surface area contributed by atoms with Crippen molar-refractivity contribution >= 4 is 5.91 Å². The van der Waals surface area contributed by atoms with Crippen molar-refractivity contribution in [2.24, 2.45) is 0 Å². The highest BCUT2D eigenvalue weighted by molar-refractivity contribution is 5.91. The molecule has 18 heavy (non-hydrogen) atoms. The number of carbonyl (C=O) groups is 1. The molecule has 0 unspecified atom stereocenters. The molecule has 4 heteroatoms. The Hall–Kier alpha value is -1.29. The van der Waals surface area contributed by atoms with Crippen molar-refractivity contribution in [3.8, 4) is 0 Å². The van der Waals surface area contributed by atoms with E-state index in [9.17, 15) is 9.90 Å². The van der Waals surface area contributed by atoms with Crippen LogP contribution in [-0.4, -0.2) is 35.1 Å². The van der Waals surface area contributed by atoms with E-state index in [0.717, 1.165) is 37.9 Å². The number of carbonyl (C=O) groups excluding carboxylic acids is 1. The summed E-state index contributed by atoms with van der Waals surface area (Å²) in [6.45, 7) is 2.37. The van der Waals surface area contributed by atoms with Crippen molar-refractivity contribution in [1.82, 2.24) is 4.90 Å². The molecule has 0 saturated heterocycles. The average molecular weight is 251 g/mol. The minimum absolute atomic E-state index is 0.157. The van der Waals surface area contributed by atoms with E-state index < -0.39 is 5.60 Å². The van der Waals surface area contributed by atoms with Gasteiger partial charge in [0.2, 0.25) is 0 Å². The maximum atomic E-state index is 12.1. The van der Waals surface area contributed by atoms with E-state index in [2.05, 4.69) is 0 Å². The zero-order valence-electron chi connectivity index (χ0n) is 11.1. The number of likely N-dealkylation sites (N-methyl/N-ethyl adjacent to an activating group) is 1. The molecule has 1 amide bonds. The lowest BCUT2D eigenvalue weighted by molar-refractivity contribution is 0.0146. The highest BCUT2D eigenvalue weighted by Gasteiger charge is 2.34. The molecule has 1 heterocycles. The van der Waals surface area contributed by atoms with Gasteiger partial charge >= 0.3 is 0 Å². The van der Waals surface area contributed by atoms with Gasteiger partial charge < -0.3 is 14.4 Å². The van der Waals surface area contributed by atoms with Crippen LogP contribution in [0, 0.1) is 0 Å². The number of aryl methyl sites for hydroxylation is 1. The number of aliphatic hydroxyl groups is 1. The summed E-state index contributed by atoms with van der Waals surface area (Å²) < 4.78 is 5.44. The molecule has 0 radical (unpaired) electrons. The third-order valence-electron chi connectivity index (χ3n) is 3.63. The van der Waals surface area contributed by atoms with Crippen LogP contribution in [0.3, 0.4) is 0 Å². The van der Waals surface area contributed by atoms with E-state index in [4.69, 9.17) is 4.42 Å². The molecule has 1 aliphatic rings. The van der Waals surface area contributed by atoms with Gasteiger partial charge in [-0.3, -0.25) is 4.79 Å². The number of furan rings is 1. The van der Waals surface area contributed by atoms with Crippen molar-refractivity contribution in [1.29, 1.82) is 0 Å². The fraction of sp³-hybridized carbons (Fsp3) is 0.643. The lowest BCUT2D eigenvalue weighted by Gasteiger charge is -2.28. The highest BCUT2D eigenvalue weighted by atomic mass is 16.4. The van der Waals surface area contributed by atoms with Gasteiger partial charge in [-0.25, -0.2) is 0 Å². The smallest absolute Gasteiger partial charge is 0.289 e. The minimum Gasteiger partial charge on any atom is -0.456 e.